The number of aromatic nitrogens is 4. The molecule has 1 fully saturated rings. The molecule has 0 bridgehead atoms. The SMILES string of the molecule is CC(Nc1nnnn1C)C(=O)N1CCCC1. The number of carbonyl (C=O) groups excluding carboxylic acids is 1. The number of hydrogen-bond acceptors (Lipinski definition) is 5. The lowest BCUT2D eigenvalue weighted by molar-refractivity contribution is -0.130. The summed E-state index contributed by atoms with van der Waals surface area (Å²) in [5.41, 5.74) is 0. The summed E-state index contributed by atoms with van der Waals surface area (Å²) in [4.78, 5) is 13.8. The minimum Gasteiger partial charge on any atom is -0.342 e. The van der Waals surface area contributed by atoms with Crippen LogP contribution in [0.4, 0.5) is 5.95 Å². The van der Waals surface area contributed by atoms with Gasteiger partial charge in [0.25, 0.3) is 0 Å². The van der Waals surface area contributed by atoms with E-state index in [4.69, 9.17) is 0 Å². The fourth-order valence-corrected chi connectivity index (χ4v) is 1.82. The van der Waals surface area contributed by atoms with Gasteiger partial charge in [-0.3, -0.25) is 4.79 Å². The second-order valence-electron chi connectivity index (χ2n) is 4.02. The minimum absolute atomic E-state index is 0.112. The second-order valence-corrected chi connectivity index (χ2v) is 4.02. The molecule has 0 radical (unpaired) electrons. The zero-order valence-corrected chi connectivity index (χ0v) is 9.55. The predicted molar refractivity (Wildman–Crippen MR) is 57.7 cm³/mol. The van der Waals surface area contributed by atoms with E-state index in [0.29, 0.717) is 5.95 Å². The number of hydrogen-bond donors (Lipinski definition) is 1. The molecule has 1 aromatic rings. The van der Waals surface area contributed by atoms with Crippen LogP contribution in [-0.2, 0) is 11.8 Å². The first-order valence-electron chi connectivity index (χ1n) is 5.46. The van der Waals surface area contributed by atoms with Crippen LogP contribution in [0.3, 0.4) is 0 Å². The van der Waals surface area contributed by atoms with Crippen LogP contribution in [0.15, 0.2) is 0 Å². The maximum atomic E-state index is 12.0. The summed E-state index contributed by atoms with van der Waals surface area (Å²) in [6, 6.07) is -0.289. The smallest absolute Gasteiger partial charge is 0.244 e. The van der Waals surface area contributed by atoms with Crippen molar-refractivity contribution in [2.24, 2.45) is 7.05 Å². The Morgan fingerprint density at radius 3 is 2.69 bits per heavy atom. The number of tetrazole rings is 1. The Kier molecular flexibility index (Phi) is 3.02. The lowest BCUT2D eigenvalue weighted by Crippen LogP contribution is -2.40. The van der Waals surface area contributed by atoms with Crippen molar-refractivity contribution >= 4 is 11.9 Å². The van der Waals surface area contributed by atoms with Crippen LogP contribution in [0.5, 0.6) is 0 Å². The maximum absolute atomic E-state index is 12.0. The lowest BCUT2D eigenvalue weighted by atomic mass is 10.3. The van der Waals surface area contributed by atoms with Crippen LogP contribution in [0.1, 0.15) is 19.8 Å². The Bertz CT molecular complexity index is 370. The topological polar surface area (TPSA) is 75.9 Å². The van der Waals surface area contributed by atoms with Gasteiger partial charge in [-0.15, -0.1) is 0 Å². The Balaban J connectivity index is 1.94. The first kappa shape index (κ1) is 10.8. The molecule has 0 saturated carbocycles. The van der Waals surface area contributed by atoms with Gasteiger partial charge in [0.2, 0.25) is 11.9 Å². The Labute approximate surface area is 93.8 Å². The Hall–Kier alpha value is -1.66. The highest BCUT2D eigenvalue weighted by atomic mass is 16.2. The van der Waals surface area contributed by atoms with Crippen LogP contribution >= 0.6 is 0 Å². The summed E-state index contributed by atoms with van der Waals surface area (Å²) in [6.07, 6.45) is 2.20. The van der Waals surface area contributed by atoms with E-state index in [-0.39, 0.29) is 11.9 Å². The van der Waals surface area contributed by atoms with E-state index >= 15 is 0 Å². The summed E-state index contributed by atoms with van der Waals surface area (Å²) < 4.78 is 1.51. The number of rotatable bonds is 3. The third-order valence-corrected chi connectivity index (χ3v) is 2.75. The van der Waals surface area contributed by atoms with Crippen molar-refractivity contribution in [3.8, 4) is 0 Å². The van der Waals surface area contributed by atoms with Gasteiger partial charge >= 0.3 is 0 Å². The van der Waals surface area contributed by atoms with E-state index in [1.165, 1.54) is 4.68 Å². The van der Waals surface area contributed by atoms with Crippen LogP contribution in [0.2, 0.25) is 0 Å². The first-order valence-corrected chi connectivity index (χ1v) is 5.46. The summed E-state index contributed by atoms with van der Waals surface area (Å²) in [5.74, 6) is 0.626. The molecule has 0 aromatic carbocycles. The highest BCUT2D eigenvalue weighted by molar-refractivity contribution is 5.83. The standard InChI is InChI=1S/C9H16N6O/c1-7(8(16)15-5-3-4-6-15)10-9-11-12-13-14(9)2/h7H,3-6H2,1-2H3,(H,10,11,13). The molecule has 0 spiro atoms. The van der Waals surface area contributed by atoms with Crippen LogP contribution in [0.25, 0.3) is 0 Å². The predicted octanol–water partition coefficient (Wildman–Crippen LogP) is -0.367. The Morgan fingerprint density at radius 1 is 1.44 bits per heavy atom. The maximum Gasteiger partial charge on any atom is 0.244 e. The van der Waals surface area contributed by atoms with Crippen molar-refractivity contribution in [3.63, 3.8) is 0 Å². The van der Waals surface area contributed by atoms with Crippen LogP contribution in [-0.4, -0.2) is 50.1 Å². The van der Waals surface area contributed by atoms with E-state index < -0.39 is 0 Å². The molecule has 1 aliphatic heterocycles. The van der Waals surface area contributed by atoms with Crippen LogP contribution in [0, 0.1) is 0 Å². The molecule has 1 atom stereocenters. The number of anilines is 1. The van der Waals surface area contributed by atoms with E-state index in [0.717, 1.165) is 25.9 Å². The molecule has 1 N–H and O–H groups in total. The van der Waals surface area contributed by atoms with Crippen molar-refractivity contribution in [2.75, 3.05) is 18.4 Å². The van der Waals surface area contributed by atoms with Gasteiger partial charge in [0, 0.05) is 20.1 Å². The fraction of sp³-hybridized carbons (Fsp3) is 0.778. The molecule has 1 unspecified atom stereocenters. The van der Waals surface area contributed by atoms with Gasteiger partial charge in [0.05, 0.1) is 0 Å². The number of nitrogens with zero attached hydrogens (tertiary/aromatic N) is 5. The largest absolute Gasteiger partial charge is 0.342 e. The highest BCUT2D eigenvalue weighted by Crippen LogP contribution is 2.10. The number of likely N-dealkylation sites (tertiary alicyclic amines) is 1. The third-order valence-electron chi connectivity index (χ3n) is 2.75. The van der Waals surface area contributed by atoms with Gasteiger partial charge in [-0.05, 0) is 30.2 Å². The molecule has 0 aliphatic carbocycles. The molecule has 2 rings (SSSR count). The van der Waals surface area contributed by atoms with Crippen LogP contribution < -0.4 is 5.32 Å². The van der Waals surface area contributed by atoms with Gasteiger partial charge in [0.1, 0.15) is 6.04 Å². The van der Waals surface area contributed by atoms with Crippen molar-refractivity contribution in [1.82, 2.24) is 25.1 Å². The average Bonchev–Trinajstić information content (AvgIpc) is 2.89. The lowest BCUT2D eigenvalue weighted by Gasteiger charge is -2.20. The number of carbonyl (C=O) groups is 1. The monoisotopic (exact) mass is 224 g/mol. The quantitative estimate of drug-likeness (QED) is 0.758. The van der Waals surface area contributed by atoms with E-state index in [1.54, 1.807) is 7.05 Å². The van der Waals surface area contributed by atoms with Gasteiger partial charge in [0.15, 0.2) is 0 Å². The minimum atomic E-state index is -0.289. The molecule has 1 aromatic heterocycles. The molecule has 1 amide bonds. The van der Waals surface area contributed by atoms with Crippen molar-refractivity contribution < 1.29 is 4.79 Å². The first-order chi connectivity index (χ1) is 7.68. The molecule has 7 heteroatoms. The molecule has 1 aliphatic rings. The number of aryl methyl sites for hydroxylation is 1. The van der Waals surface area contributed by atoms with Gasteiger partial charge < -0.3 is 10.2 Å². The van der Waals surface area contributed by atoms with Gasteiger partial charge in [-0.25, -0.2) is 4.68 Å². The summed E-state index contributed by atoms with van der Waals surface area (Å²) >= 11 is 0. The molecule has 7 nitrogen and oxygen atoms in total. The highest BCUT2D eigenvalue weighted by Gasteiger charge is 2.23. The van der Waals surface area contributed by atoms with Gasteiger partial charge in [-0.2, -0.15) is 0 Å². The second kappa shape index (κ2) is 4.46. The molecule has 1 saturated heterocycles. The molecular formula is C9H16N6O. The van der Waals surface area contributed by atoms with Crippen molar-refractivity contribution in [2.45, 2.75) is 25.8 Å². The number of nitrogens with one attached hydrogen (secondary N) is 1. The van der Waals surface area contributed by atoms with E-state index in [9.17, 15) is 4.79 Å². The van der Waals surface area contributed by atoms with E-state index in [2.05, 4.69) is 20.8 Å². The molecule has 88 valence electrons. The zero-order chi connectivity index (χ0) is 11.5. The normalized spacial score (nSPS) is 17.5. The number of amides is 1. The van der Waals surface area contributed by atoms with Gasteiger partial charge in [-0.1, -0.05) is 5.10 Å². The van der Waals surface area contributed by atoms with Crippen molar-refractivity contribution in [3.05, 3.63) is 0 Å². The summed E-state index contributed by atoms with van der Waals surface area (Å²) in [7, 11) is 1.73. The average molecular weight is 224 g/mol. The third kappa shape index (κ3) is 2.12. The van der Waals surface area contributed by atoms with E-state index in [1.807, 2.05) is 11.8 Å². The molecule has 2 heterocycles. The zero-order valence-electron chi connectivity index (χ0n) is 9.55. The fourth-order valence-electron chi connectivity index (χ4n) is 1.82. The van der Waals surface area contributed by atoms with Crippen molar-refractivity contribution in [1.29, 1.82) is 0 Å². The molecular weight excluding hydrogens is 208 g/mol. The molecule has 16 heavy (non-hydrogen) atoms. The summed E-state index contributed by atoms with van der Waals surface area (Å²) in [6.45, 7) is 3.55. The Morgan fingerprint density at radius 2 is 2.12 bits per heavy atom. The summed E-state index contributed by atoms with van der Waals surface area (Å²) in [5, 5.41) is 14.0.